The van der Waals surface area contributed by atoms with Crippen LogP contribution in [-0.2, 0) is 4.79 Å². The van der Waals surface area contributed by atoms with Crippen LogP contribution in [0.1, 0.15) is 19.8 Å². The molecule has 100 valence electrons. The van der Waals surface area contributed by atoms with Gasteiger partial charge in [-0.2, -0.15) is 8.78 Å². The van der Waals surface area contributed by atoms with Crippen LogP contribution in [0.5, 0.6) is 5.75 Å². The number of hydrogen-bond acceptors (Lipinski definition) is 3. The summed E-state index contributed by atoms with van der Waals surface area (Å²) >= 11 is 0. The van der Waals surface area contributed by atoms with E-state index >= 15 is 0 Å². The Bertz CT molecular complexity index is 380. The summed E-state index contributed by atoms with van der Waals surface area (Å²) in [5.74, 6) is -0.103. The third-order valence-electron chi connectivity index (χ3n) is 2.19. The number of anilines is 1. The van der Waals surface area contributed by atoms with Gasteiger partial charge in [0.15, 0.2) is 0 Å². The second-order valence-corrected chi connectivity index (χ2v) is 3.97. The third kappa shape index (κ3) is 5.58. The highest BCUT2D eigenvalue weighted by atomic mass is 19.3. The first-order valence-corrected chi connectivity index (χ1v) is 5.57. The van der Waals surface area contributed by atoms with E-state index in [0.717, 1.165) is 0 Å². The first kappa shape index (κ1) is 14.4. The predicted octanol–water partition coefficient (Wildman–Crippen LogP) is 2.35. The van der Waals surface area contributed by atoms with Crippen LogP contribution in [0.3, 0.4) is 0 Å². The number of ether oxygens (including phenoxy) is 1. The molecular weight excluding hydrogens is 242 g/mol. The van der Waals surface area contributed by atoms with Gasteiger partial charge in [-0.05, 0) is 37.6 Å². The molecule has 1 rings (SSSR count). The van der Waals surface area contributed by atoms with Gasteiger partial charge in [0.1, 0.15) is 5.75 Å². The van der Waals surface area contributed by atoms with Gasteiger partial charge in [-0.3, -0.25) is 4.79 Å². The van der Waals surface area contributed by atoms with Crippen LogP contribution in [-0.4, -0.2) is 18.6 Å². The Morgan fingerprint density at radius 2 is 2.00 bits per heavy atom. The van der Waals surface area contributed by atoms with Crippen molar-refractivity contribution in [2.24, 2.45) is 5.73 Å². The molecule has 1 aromatic carbocycles. The largest absolute Gasteiger partial charge is 0.435 e. The van der Waals surface area contributed by atoms with E-state index in [4.69, 9.17) is 5.73 Å². The normalized spacial score (nSPS) is 12.3. The lowest BCUT2D eigenvalue weighted by molar-refractivity contribution is -0.116. The van der Waals surface area contributed by atoms with Crippen molar-refractivity contribution in [3.8, 4) is 5.75 Å². The Morgan fingerprint density at radius 1 is 1.39 bits per heavy atom. The number of carbonyl (C=O) groups is 1. The van der Waals surface area contributed by atoms with Gasteiger partial charge in [0, 0.05) is 18.2 Å². The van der Waals surface area contributed by atoms with E-state index in [9.17, 15) is 13.6 Å². The Balaban J connectivity index is 2.45. The molecule has 0 aromatic heterocycles. The van der Waals surface area contributed by atoms with Gasteiger partial charge in [0.2, 0.25) is 5.91 Å². The maximum absolute atomic E-state index is 11.9. The number of rotatable bonds is 6. The van der Waals surface area contributed by atoms with E-state index in [-0.39, 0.29) is 17.7 Å². The summed E-state index contributed by atoms with van der Waals surface area (Å²) in [6.07, 6.45) is 0.922. The lowest BCUT2D eigenvalue weighted by Crippen LogP contribution is -2.19. The molecule has 0 saturated heterocycles. The number of nitrogens with two attached hydrogens (primary N) is 1. The van der Waals surface area contributed by atoms with Crippen molar-refractivity contribution < 1.29 is 18.3 Å². The zero-order valence-electron chi connectivity index (χ0n) is 10.0. The maximum Gasteiger partial charge on any atom is 0.387 e. The molecule has 3 N–H and O–H groups in total. The molecule has 1 unspecified atom stereocenters. The van der Waals surface area contributed by atoms with Crippen molar-refractivity contribution in [3.05, 3.63) is 24.3 Å². The molecule has 0 heterocycles. The second kappa shape index (κ2) is 6.90. The molecular formula is C12H16F2N2O2. The van der Waals surface area contributed by atoms with Gasteiger partial charge < -0.3 is 15.8 Å². The van der Waals surface area contributed by atoms with E-state index < -0.39 is 6.61 Å². The van der Waals surface area contributed by atoms with Gasteiger partial charge >= 0.3 is 6.61 Å². The minimum atomic E-state index is -2.85. The van der Waals surface area contributed by atoms with Crippen molar-refractivity contribution in [1.82, 2.24) is 0 Å². The molecule has 0 fully saturated rings. The first-order valence-electron chi connectivity index (χ1n) is 5.57. The zero-order valence-corrected chi connectivity index (χ0v) is 10.0. The minimum absolute atomic E-state index is 0.0300. The molecule has 0 aliphatic heterocycles. The maximum atomic E-state index is 11.9. The van der Waals surface area contributed by atoms with Crippen molar-refractivity contribution in [1.29, 1.82) is 0 Å². The number of nitrogens with one attached hydrogen (secondary N) is 1. The molecule has 0 aliphatic rings. The molecule has 1 amide bonds. The summed E-state index contributed by atoms with van der Waals surface area (Å²) in [6, 6.07) is 5.71. The minimum Gasteiger partial charge on any atom is -0.435 e. The summed E-state index contributed by atoms with van der Waals surface area (Å²) < 4.78 is 28.0. The van der Waals surface area contributed by atoms with Gasteiger partial charge in [0.05, 0.1) is 0 Å². The van der Waals surface area contributed by atoms with E-state index in [0.29, 0.717) is 18.5 Å². The quantitative estimate of drug-likeness (QED) is 0.823. The Labute approximate surface area is 104 Å². The molecule has 18 heavy (non-hydrogen) atoms. The standard InChI is InChI=1S/C12H16F2N2O2/c1-8(15)2-7-11(17)16-9-3-5-10(6-4-9)18-12(13)14/h3-6,8,12H,2,7,15H2,1H3,(H,16,17). The SMILES string of the molecule is CC(N)CCC(=O)Nc1ccc(OC(F)F)cc1. The van der Waals surface area contributed by atoms with E-state index in [2.05, 4.69) is 10.1 Å². The van der Waals surface area contributed by atoms with Crippen LogP contribution in [0.2, 0.25) is 0 Å². The summed E-state index contributed by atoms with van der Waals surface area (Å²) in [4.78, 5) is 11.5. The molecule has 4 nitrogen and oxygen atoms in total. The monoisotopic (exact) mass is 258 g/mol. The lowest BCUT2D eigenvalue weighted by atomic mass is 10.2. The van der Waals surface area contributed by atoms with E-state index in [1.807, 2.05) is 6.92 Å². The summed E-state index contributed by atoms with van der Waals surface area (Å²) in [6.45, 7) is -1.03. The van der Waals surface area contributed by atoms with E-state index in [1.165, 1.54) is 24.3 Å². The molecule has 0 radical (unpaired) electrons. The molecule has 0 spiro atoms. The highest BCUT2D eigenvalue weighted by Crippen LogP contribution is 2.17. The van der Waals surface area contributed by atoms with Crippen molar-refractivity contribution in [3.63, 3.8) is 0 Å². The van der Waals surface area contributed by atoms with Gasteiger partial charge in [0.25, 0.3) is 0 Å². The van der Waals surface area contributed by atoms with Crippen LogP contribution in [0.15, 0.2) is 24.3 Å². The zero-order chi connectivity index (χ0) is 13.5. The number of benzene rings is 1. The van der Waals surface area contributed by atoms with Gasteiger partial charge in [-0.15, -0.1) is 0 Å². The topological polar surface area (TPSA) is 64.4 Å². The summed E-state index contributed by atoms with van der Waals surface area (Å²) in [5.41, 5.74) is 6.07. The Morgan fingerprint density at radius 3 is 2.50 bits per heavy atom. The molecule has 0 bridgehead atoms. The van der Waals surface area contributed by atoms with Crippen LogP contribution < -0.4 is 15.8 Å². The average molecular weight is 258 g/mol. The fourth-order valence-corrected chi connectivity index (χ4v) is 1.30. The smallest absolute Gasteiger partial charge is 0.387 e. The molecule has 0 aliphatic carbocycles. The Hall–Kier alpha value is -1.69. The van der Waals surface area contributed by atoms with Crippen molar-refractivity contribution in [2.75, 3.05) is 5.32 Å². The fourth-order valence-electron chi connectivity index (χ4n) is 1.30. The number of alkyl halides is 2. The Kier molecular flexibility index (Phi) is 5.51. The number of carbonyl (C=O) groups excluding carboxylic acids is 1. The molecule has 1 atom stereocenters. The predicted molar refractivity (Wildman–Crippen MR) is 64.6 cm³/mol. The van der Waals surface area contributed by atoms with Gasteiger partial charge in [-0.25, -0.2) is 0 Å². The second-order valence-electron chi connectivity index (χ2n) is 3.97. The van der Waals surface area contributed by atoms with E-state index in [1.54, 1.807) is 0 Å². The lowest BCUT2D eigenvalue weighted by Gasteiger charge is -2.08. The van der Waals surface area contributed by atoms with Crippen molar-refractivity contribution in [2.45, 2.75) is 32.4 Å². The number of hydrogen-bond donors (Lipinski definition) is 2. The summed E-state index contributed by atoms with van der Waals surface area (Å²) in [5, 5.41) is 2.64. The van der Waals surface area contributed by atoms with Crippen LogP contribution in [0.25, 0.3) is 0 Å². The first-order chi connectivity index (χ1) is 8.47. The van der Waals surface area contributed by atoms with Crippen LogP contribution in [0, 0.1) is 0 Å². The highest BCUT2D eigenvalue weighted by Gasteiger charge is 2.06. The number of halogens is 2. The molecule has 1 aromatic rings. The molecule has 0 saturated carbocycles. The van der Waals surface area contributed by atoms with Crippen molar-refractivity contribution >= 4 is 11.6 Å². The van der Waals surface area contributed by atoms with Crippen LogP contribution >= 0.6 is 0 Å². The third-order valence-corrected chi connectivity index (χ3v) is 2.19. The van der Waals surface area contributed by atoms with Crippen LogP contribution in [0.4, 0.5) is 14.5 Å². The molecule has 6 heteroatoms. The fraction of sp³-hybridized carbons (Fsp3) is 0.417. The van der Waals surface area contributed by atoms with Gasteiger partial charge in [-0.1, -0.05) is 0 Å². The highest BCUT2D eigenvalue weighted by molar-refractivity contribution is 5.90. The summed E-state index contributed by atoms with van der Waals surface area (Å²) in [7, 11) is 0. The average Bonchev–Trinajstić information content (AvgIpc) is 2.28. The number of amides is 1.